The van der Waals surface area contributed by atoms with Crippen LogP contribution in [0.15, 0.2) is 71.6 Å². The third-order valence-corrected chi connectivity index (χ3v) is 7.23. The summed E-state index contributed by atoms with van der Waals surface area (Å²) in [5, 5.41) is 22.2. The van der Waals surface area contributed by atoms with Crippen molar-refractivity contribution in [3.63, 3.8) is 0 Å². The molecule has 1 atom stereocenters. The summed E-state index contributed by atoms with van der Waals surface area (Å²) in [6.45, 7) is 0. The summed E-state index contributed by atoms with van der Waals surface area (Å²) in [6, 6.07) is 10.5. The lowest BCUT2D eigenvalue weighted by molar-refractivity contribution is -0.274. The Morgan fingerprint density at radius 3 is 2.08 bits per heavy atom. The molecule has 0 fully saturated rings. The van der Waals surface area contributed by atoms with E-state index in [1.54, 1.807) is 0 Å². The minimum absolute atomic E-state index is 0.0442. The molecule has 2 N–H and O–H groups in total. The second-order valence-electron chi connectivity index (χ2n) is 8.44. The molecule has 0 spiro atoms. The molecule has 0 aliphatic rings. The van der Waals surface area contributed by atoms with Gasteiger partial charge in [-0.15, -0.1) is 13.2 Å². The van der Waals surface area contributed by atoms with Gasteiger partial charge in [0.25, 0.3) is 5.91 Å². The number of anilines is 1. The van der Waals surface area contributed by atoms with Crippen molar-refractivity contribution in [1.82, 2.24) is 0 Å². The number of nitrogens with one attached hydrogen (secondary N) is 1. The number of ether oxygens (including phenoxy) is 1. The van der Waals surface area contributed by atoms with Gasteiger partial charge in [0.15, 0.2) is 15.4 Å². The largest absolute Gasteiger partial charge is 0.573 e. The van der Waals surface area contributed by atoms with Gasteiger partial charge in [-0.1, -0.05) is 12.1 Å². The van der Waals surface area contributed by atoms with Gasteiger partial charge in [-0.25, -0.2) is 12.8 Å². The Bertz CT molecular complexity index is 1530. The number of benzene rings is 3. The molecule has 1 amide bonds. The first-order valence-electron chi connectivity index (χ1n) is 10.9. The van der Waals surface area contributed by atoms with E-state index < -0.39 is 79.3 Å². The van der Waals surface area contributed by atoms with E-state index in [9.17, 15) is 49.1 Å². The van der Waals surface area contributed by atoms with Gasteiger partial charge in [-0.3, -0.25) is 4.79 Å². The number of sulfone groups is 1. The van der Waals surface area contributed by atoms with Gasteiger partial charge in [-0.2, -0.15) is 18.4 Å². The number of rotatable bonds is 8. The lowest BCUT2D eigenvalue weighted by Crippen LogP contribution is -2.50. The fourth-order valence-electron chi connectivity index (χ4n) is 3.58. The standard InChI is InChI=1S/C25H17F7N2O5S/c26-17-4-9-20(10-5-17)40(37,38)14-23(36,12-15-1-7-19(8-2-15)39-25(30,31)32)22(35)34-18-6-3-16(13-33)21(11-18)24(27,28)29/h1-11,36H,12,14H2,(H,34,35)/t23-/m0/s1. The summed E-state index contributed by atoms with van der Waals surface area (Å²) in [6.07, 6.45) is -10.8. The van der Waals surface area contributed by atoms with Gasteiger partial charge in [0, 0.05) is 12.1 Å². The average Bonchev–Trinajstić information content (AvgIpc) is 2.83. The van der Waals surface area contributed by atoms with Crippen LogP contribution in [0.3, 0.4) is 0 Å². The van der Waals surface area contributed by atoms with Crippen molar-refractivity contribution in [3.8, 4) is 11.8 Å². The molecule has 3 rings (SSSR count). The molecule has 0 saturated carbocycles. The van der Waals surface area contributed by atoms with Crippen LogP contribution in [0.1, 0.15) is 16.7 Å². The molecule has 40 heavy (non-hydrogen) atoms. The third-order valence-electron chi connectivity index (χ3n) is 5.38. The van der Waals surface area contributed by atoms with E-state index in [0.29, 0.717) is 6.07 Å². The molecule has 0 bridgehead atoms. The lowest BCUT2D eigenvalue weighted by atomic mass is 9.95. The number of nitriles is 1. The first kappa shape index (κ1) is 30.4. The number of carbonyl (C=O) groups is 1. The van der Waals surface area contributed by atoms with Crippen molar-refractivity contribution < 1.29 is 53.8 Å². The fraction of sp³-hybridized carbons (Fsp3) is 0.200. The smallest absolute Gasteiger partial charge is 0.406 e. The molecule has 3 aromatic carbocycles. The number of amides is 1. The molecule has 0 saturated heterocycles. The minimum Gasteiger partial charge on any atom is -0.406 e. The maximum absolute atomic E-state index is 13.3. The Balaban J connectivity index is 1.99. The summed E-state index contributed by atoms with van der Waals surface area (Å²) in [4.78, 5) is 12.7. The van der Waals surface area contributed by atoms with Crippen LogP contribution in [-0.2, 0) is 27.2 Å². The molecule has 3 aromatic rings. The van der Waals surface area contributed by atoms with E-state index in [1.165, 1.54) is 6.07 Å². The van der Waals surface area contributed by atoms with Crippen LogP contribution in [0.25, 0.3) is 0 Å². The predicted molar refractivity (Wildman–Crippen MR) is 125 cm³/mol. The van der Waals surface area contributed by atoms with Gasteiger partial charge in [0.05, 0.1) is 27.8 Å². The van der Waals surface area contributed by atoms with Crippen molar-refractivity contribution in [2.75, 3.05) is 11.1 Å². The Labute approximate surface area is 222 Å². The van der Waals surface area contributed by atoms with Crippen LogP contribution in [-0.4, -0.2) is 37.1 Å². The van der Waals surface area contributed by atoms with Crippen LogP contribution in [0.5, 0.6) is 5.75 Å². The Morgan fingerprint density at radius 1 is 0.950 bits per heavy atom. The number of nitrogens with zero attached hydrogens (tertiary/aromatic N) is 1. The van der Waals surface area contributed by atoms with Crippen LogP contribution < -0.4 is 10.1 Å². The second kappa shape index (κ2) is 11.1. The normalized spacial score (nSPS) is 13.7. The molecule has 0 radical (unpaired) electrons. The molecule has 0 aliphatic heterocycles. The van der Waals surface area contributed by atoms with Crippen molar-refractivity contribution in [2.45, 2.75) is 29.5 Å². The number of hydrogen-bond donors (Lipinski definition) is 2. The number of hydrogen-bond acceptors (Lipinski definition) is 6. The van der Waals surface area contributed by atoms with Crippen molar-refractivity contribution in [2.24, 2.45) is 0 Å². The van der Waals surface area contributed by atoms with E-state index in [0.717, 1.165) is 60.7 Å². The molecule has 0 heterocycles. The summed E-state index contributed by atoms with van der Waals surface area (Å²) >= 11 is 0. The highest BCUT2D eigenvalue weighted by atomic mass is 32.2. The number of carbonyl (C=O) groups excluding carboxylic acids is 1. The number of aliphatic hydroxyl groups is 1. The zero-order valence-corrected chi connectivity index (χ0v) is 20.7. The van der Waals surface area contributed by atoms with Crippen molar-refractivity contribution >= 4 is 21.4 Å². The molecule has 0 aromatic heterocycles. The highest BCUT2D eigenvalue weighted by molar-refractivity contribution is 7.91. The van der Waals surface area contributed by atoms with Crippen LogP contribution >= 0.6 is 0 Å². The molecular weight excluding hydrogens is 573 g/mol. The van der Waals surface area contributed by atoms with E-state index in [4.69, 9.17) is 5.26 Å². The van der Waals surface area contributed by atoms with E-state index in [-0.39, 0.29) is 5.56 Å². The molecular formula is C25H17F7N2O5S. The molecule has 15 heteroatoms. The summed E-state index contributed by atoms with van der Waals surface area (Å²) in [5.74, 6) is -4.26. The SMILES string of the molecule is N#Cc1ccc(NC(=O)[C@](O)(Cc2ccc(OC(F)(F)F)cc2)CS(=O)(=O)c2ccc(F)cc2)cc1C(F)(F)F. The minimum atomic E-state index is -5.01. The summed E-state index contributed by atoms with van der Waals surface area (Å²) < 4.78 is 120. The molecule has 7 nitrogen and oxygen atoms in total. The molecule has 212 valence electrons. The average molecular weight is 590 g/mol. The zero-order valence-electron chi connectivity index (χ0n) is 19.8. The van der Waals surface area contributed by atoms with Gasteiger partial charge >= 0.3 is 12.5 Å². The van der Waals surface area contributed by atoms with Gasteiger partial charge in [-0.05, 0) is 60.2 Å². The van der Waals surface area contributed by atoms with Gasteiger partial charge in [0.2, 0.25) is 0 Å². The fourth-order valence-corrected chi connectivity index (χ4v) is 5.16. The first-order valence-corrected chi connectivity index (χ1v) is 12.6. The van der Waals surface area contributed by atoms with Gasteiger partial charge in [0.1, 0.15) is 11.6 Å². The quantitative estimate of drug-likeness (QED) is 0.282. The second-order valence-corrected chi connectivity index (χ2v) is 10.4. The van der Waals surface area contributed by atoms with E-state index >= 15 is 0 Å². The highest BCUT2D eigenvalue weighted by Gasteiger charge is 2.42. The van der Waals surface area contributed by atoms with E-state index in [1.807, 2.05) is 5.32 Å². The Kier molecular flexibility index (Phi) is 8.46. The third kappa shape index (κ3) is 7.70. The zero-order chi connectivity index (χ0) is 29.9. The summed E-state index contributed by atoms with van der Waals surface area (Å²) in [5.41, 5.74) is -5.65. The number of alkyl halides is 6. The van der Waals surface area contributed by atoms with Crippen molar-refractivity contribution in [3.05, 3.63) is 89.2 Å². The monoisotopic (exact) mass is 590 g/mol. The number of halogens is 7. The molecule has 0 unspecified atom stereocenters. The maximum Gasteiger partial charge on any atom is 0.573 e. The van der Waals surface area contributed by atoms with Crippen LogP contribution in [0.4, 0.5) is 36.4 Å². The Hall–Kier alpha value is -4.16. The van der Waals surface area contributed by atoms with E-state index in [2.05, 4.69) is 4.74 Å². The topological polar surface area (TPSA) is 116 Å². The van der Waals surface area contributed by atoms with Crippen molar-refractivity contribution in [1.29, 1.82) is 5.26 Å². The Morgan fingerprint density at radius 2 is 1.55 bits per heavy atom. The highest BCUT2D eigenvalue weighted by Crippen LogP contribution is 2.34. The lowest BCUT2D eigenvalue weighted by Gasteiger charge is -2.27. The van der Waals surface area contributed by atoms with Crippen LogP contribution in [0, 0.1) is 17.1 Å². The maximum atomic E-state index is 13.3. The summed E-state index contributed by atoms with van der Waals surface area (Å²) in [7, 11) is -4.54. The molecule has 0 aliphatic carbocycles. The first-order chi connectivity index (χ1) is 18.4. The van der Waals surface area contributed by atoms with Crippen LogP contribution in [0.2, 0.25) is 0 Å². The predicted octanol–water partition coefficient (Wildman–Crippen LogP) is 5.00. The van der Waals surface area contributed by atoms with Gasteiger partial charge < -0.3 is 15.2 Å².